The number of hydrogen-bond donors (Lipinski definition) is 0. The predicted molar refractivity (Wildman–Crippen MR) is 122 cm³/mol. The van der Waals surface area contributed by atoms with Crippen molar-refractivity contribution >= 4 is 11.6 Å². The van der Waals surface area contributed by atoms with Crippen molar-refractivity contribution in [3.63, 3.8) is 0 Å². The van der Waals surface area contributed by atoms with Crippen molar-refractivity contribution in [3.05, 3.63) is 84.4 Å². The lowest BCUT2D eigenvalue weighted by molar-refractivity contribution is -0.138. The van der Waals surface area contributed by atoms with E-state index in [1.807, 2.05) is 59.5 Å². The van der Waals surface area contributed by atoms with Crippen LogP contribution in [0.2, 0.25) is 0 Å². The fourth-order valence-corrected chi connectivity index (χ4v) is 3.80. The number of para-hydroxylation sites is 1. The van der Waals surface area contributed by atoms with Gasteiger partial charge in [0.25, 0.3) is 5.91 Å². The third-order valence-corrected chi connectivity index (χ3v) is 5.57. The second kappa shape index (κ2) is 9.36. The lowest BCUT2D eigenvalue weighted by Crippen LogP contribution is -2.52. The van der Waals surface area contributed by atoms with Crippen LogP contribution in [0.5, 0.6) is 5.75 Å². The quantitative estimate of drug-likeness (QED) is 0.627. The van der Waals surface area contributed by atoms with E-state index in [2.05, 4.69) is 23.1 Å². The van der Waals surface area contributed by atoms with Crippen molar-refractivity contribution in [1.82, 2.24) is 4.90 Å². The number of benzene rings is 3. The Morgan fingerprint density at radius 2 is 1.45 bits per heavy atom. The first-order chi connectivity index (χ1) is 15.1. The Kier molecular flexibility index (Phi) is 6.18. The van der Waals surface area contributed by atoms with Gasteiger partial charge in [0.15, 0.2) is 6.10 Å². The fraction of sp³-hybridized carbons (Fsp3) is 0.231. The highest BCUT2D eigenvalue weighted by molar-refractivity contribution is 5.81. The van der Waals surface area contributed by atoms with Crippen LogP contribution < -0.4 is 9.64 Å². The van der Waals surface area contributed by atoms with Crippen LogP contribution in [0.1, 0.15) is 12.5 Å². The van der Waals surface area contributed by atoms with Gasteiger partial charge in [-0.1, -0.05) is 42.5 Å². The van der Waals surface area contributed by atoms with E-state index in [1.54, 1.807) is 19.1 Å². The van der Waals surface area contributed by atoms with Crippen LogP contribution in [0.4, 0.5) is 5.69 Å². The topological polar surface area (TPSA) is 56.6 Å². The van der Waals surface area contributed by atoms with Crippen molar-refractivity contribution in [2.24, 2.45) is 0 Å². The van der Waals surface area contributed by atoms with Crippen molar-refractivity contribution in [2.75, 3.05) is 31.1 Å². The van der Waals surface area contributed by atoms with E-state index in [4.69, 9.17) is 10.00 Å². The maximum atomic E-state index is 12.9. The zero-order chi connectivity index (χ0) is 21.6. The molecule has 5 heteroatoms. The Bertz CT molecular complexity index is 1050. The standard InChI is InChI=1S/C26H25N3O2/c1-20(26(30)29-17-15-28(16-18-29)24-5-3-2-4-6-24)31-25-13-11-23(12-14-25)22-9-7-21(19-27)8-10-22/h2-14,20H,15-18H2,1H3. The zero-order valence-electron chi connectivity index (χ0n) is 17.6. The van der Waals surface area contributed by atoms with Crippen LogP contribution in [0.15, 0.2) is 78.9 Å². The van der Waals surface area contributed by atoms with Crippen LogP contribution >= 0.6 is 0 Å². The molecule has 3 aromatic carbocycles. The SMILES string of the molecule is CC(Oc1ccc(-c2ccc(C#N)cc2)cc1)C(=O)N1CCN(c2ccccc2)CC1. The first kappa shape index (κ1) is 20.5. The molecule has 1 saturated heterocycles. The largest absolute Gasteiger partial charge is 0.481 e. The number of nitriles is 1. The highest BCUT2D eigenvalue weighted by Crippen LogP contribution is 2.24. The summed E-state index contributed by atoms with van der Waals surface area (Å²) in [5.74, 6) is 0.685. The van der Waals surface area contributed by atoms with Crippen LogP contribution in [0.25, 0.3) is 11.1 Å². The average Bonchev–Trinajstić information content (AvgIpc) is 2.85. The highest BCUT2D eigenvalue weighted by atomic mass is 16.5. The summed E-state index contributed by atoms with van der Waals surface area (Å²) in [7, 11) is 0. The molecule has 0 N–H and O–H groups in total. The van der Waals surface area contributed by atoms with Crippen LogP contribution in [-0.2, 0) is 4.79 Å². The second-order valence-electron chi connectivity index (χ2n) is 7.62. The van der Waals surface area contributed by atoms with E-state index in [1.165, 1.54) is 5.69 Å². The van der Waals surface area contributed by atoms with Gasteiger partial charge in [-0.2, -0.15) is 5.26 Å². The van der Waals surface area contributed by atoms with Gasteiger partial charge in [0, 0.05) is 31.9 Å². The van der Waals surface area contributed by atoms with E-state index in [9.17, 15) is 4.79 Å². The smallest absolute Gasteiger partial charge is 0.263 e. The molecule has 5 nitrogen and oxygen atoms in total. The van der Waals surface area contributed by atoms with E-state index in [0.717, 1.165) is 24.2 Å². The van der Waals surface area contributed by atoms with E-state index in [0.29, 0.717) is 24.4 Å². The normalized spacial score (nSPS) is 14.6. The van der Waals surface area contributed by atoms with Gasteiger partial charge in [-0.25, -0.2) is 0 Å². The molecule has 31 heavy (non-hydrogen) atoms. The Hall–Kier alpha value is -3.78. The van der Waals surface area contributed by atoms with Crippen LogP contribution in [0, 0.1) is 11.3 Å². The van der Waals surface area contributed by atoms with Crippen molar-refractivity contribution in [1.29, 1.82) is 5.26 Å². The molecule has 3 aromatic rings. The summed E-state index contributed by atoms with van der Waals surface area (Å²) in [6, 6.07) is 27.6. The maximum absolute atomic E-state index is 12.9. The molecule has 1 fully saturated rings. The monoisotopic (exact) mass is 411 g/mol. The summed E-state index contributed by atoms with van der Waals surface area (Å²) in [5, 5.41) is 8.92. The van der Waals surface area contributed by atoms with Gasteiger partial charge >= 0.3 is 0 Å². The van der Waals surface area contributed by atoms with Gasteiger partial charge in [-0.15, -0.1) is 0 Å². The van der Waals surface area contributed by atoms with E-state index < -0.39 is 6.10 Å². The van der Waals surface area contributed by atoms with Gasteiger partial charge in [-0.3, -0.25) is 4.79 Å². The van der Waals surface area contributed by atoms with Crippen LogP contribution in [0.3, 0.4) is 0 Å². The van der Waals surface area contributed by atoms with Gasteiger partial charge < -0.3 is 14.5 Å². The van der Waals surface area contributed by atoms with Gasteiger partial charge in [0.2, 0.25) is 0 Å². The number of nitrogens with zero attached hydrogens (tertiary/aromatic N) is 3. The average molecular weight is 412 g/mol. The van der Waals surface area contributed by atoms with Gasteiger partial charge in [-0.05, 0) is 54.4 Å². The summed E-state index contributed by atoms with van der Waals surface area (Å²) >= 11 is 0. The molecule has 1 unspecified atom stereocenters. The Labute approximate surface area is 183 Å². The first-order valence-corrected chi connectivity index (χ1v) is 10.5. The molecular weight excluding hydrogens is 386 g/mol. The van der Waals surface area contributed by atoms with Gasteiger partial charge in [0.05, 0.1) is 11.6 Å². The third kappa shape index (κ3) is 4.87. The number of amides is 1. The lowest BCUT2D eigenvalue weighted by atomic mass is 10.0. The Morgan fingerprint density at radius 3 is 2.03 bits per heavy atom. The fourth-order valence-electron chi connectivity index (χ4n) is 3.80. The first-order valence-electron chi connectivity index (χ1n) is 10.5. The summed E-state index contributed by atoms with van der Waals surface area (Å²) in [4.78, 5) is 17.0. The maximum Gasteiger partial charge on any atom is 0.263 e. The summed E-state index contributed by atoms with van der Waals surface area (Å²) < 4.78 is 5.92. The molecule has 156 valence electrons. The predicted octanol–water partition coefficient (Wildman–Crippen LogP) is 4.34. The van der Waals surface area contributed by atoms with Crippen molar-refractivity contribution < 1.29 is 9.53 Å². The molecule has 1 atom stereocenters. The molecule has 1 aliphatic rings. The molecule has 1 amide bonds. The molecule has 4 rings (SSSR count). The number of hydrogen-bond acceptors (Lipinski definition) is 4. The summed E-state index contributed by atoms with van der Waals surface area (Å²) in [6.45, 7) is 4.84. The summed E-state index contributed by atoms with van der Waals surface area (Å²) in [6.07, 6.45) is -0.538. The molecule has 0 aliphatic carbocycles. The van der Waals surface area contributed by atoms with Crippen LogP contribution in [-0.4, -0.2) is 43.1 Å². The molecular formula is C26H25N3O2. The molecule has 0 radical (unpaired) electrons. The zero-order valence-corrected chi connectivity index (χ0v) is 17.6. The minimum atomic E-state index is -0.538. The number of ether oxygens (including phenoxy) is 1. The minimum Gasteiger partial charge on any atom is -0.481 e. The van der Waals surface area contributed by atoms with E-state index >= 15 is 0 Å². The third-order valence-electron chi connectivity index (χ3n) is 5.57. The molecule has 0 bridgehead atoms. The second-order valence-corrected chi connectivity index (χ2v) is 7.62. The minimum absolute atomic E-state index is 0.0175. The number of carbonyl (C=O) groups excluding carboxylic acids is 1. The molecule has 0 aromatic heterocycles. The number of piperazine rings is 1. The molecule has 0 saturated carbocycles. The van der Waals surface area contributed by atoms with Crippen molar-refractivity contribution in [2.45, 2.75) is 13.0 Å². The van der Waals surface area contributed by atoms with Gasteiger partial charge in [0.1, 0.15) is 5.75 Å². The Morgan fingerprint density at radius 1 is 0.871 bits per heavy atom. The van der Waals surface area contributed by atoms with Crippen molar-refractivity contribution in [3.8, 4) is 22.9 Å². The number of anilines is 1. The molecule has 1 heterocycles. The van der Waals surface area contributed by atoms with E-state index in [-0.39, 0.29) is 5.91 Å². The number of carbonyl (C=O) groups is 1. The Balaban J connectivity index is 1.32. The number of rotatable bonds is 5. The molecule has 0 spiro atoms. The summed E-state index contributed by atoms with van der Waals surface area (Å²) in [5.41, 5.74) is 3.90. The highest BCUT2D eigenvalue weighted by Gasteiger charge is 2.26. The molecule has 1 aliphatic heterocycles. The lowest BCUT2D eigenvalue weighted by Gasteiger charge is -2.37.